The van der Waals surface area contributed by atoms with Crippen molar-refractivity contribution in [2.75, 3.05) is 13.2 Å². The second-order valence-corrected chi connectivity index (χ2v) is 4.67. The number of nitrogens with one attached hydrogen (secondary N) is 1. The molecule has 0 saturated heterocycles. The van der Waals surface area contributed by atoms with Crippen LogP contribution in [0.25, 0.3) is 11.0 Å². The third-order valence-electron chi connectivity index (χ3n) is 2.94. The molecule has 92 valence electrons. The molecule has 17 heavy (non-hydrogen) atoms. The maximum absolute atomic E-state index is 5.48. The Kier molecular flexibility index (Phi) is 3.64. The van der Waals surface area contributed by atoms with E-state index in [1.807, 2.05) is 13.0 Å². The average molecular weight is 250 g/mol. The van der Waals surface area contributed by atoms with Gasteiger partial charge in [0, 0.05) is 6.61 Å². The Hall–Kier alpha value is -1.13. The smallest absolute Gasteiger partial charge is 0.178 e. The highest BCUT2D eigenvalue weighted by atomic mass is 32.1. The van der Waals surface area contributed by atoms with Gasteiger partial charge in [-0.25, -0.2) is 0 Å². The third kappa shape index (κ3) is 2.28. The normalized spacial score (nSPS) is 13.1. The number of hydrogen-bond acceptors (Lipinski definition) is 2. The molecular weight excluding hydrogens is 232 g/mol. The summed E-state index contributed by atoms with van der Waals surface area (Å²) in [5.74, 6) is 0. The van der Waals surface area contributed by atoms with Crippen LogP contribution in [0.15, 0.2) is 18.2 Å². The second kappa shape index (κ2) is 5.02. The summed E-state index contributed by atoms with van der Waals surface area (Å²) in [6, 6.07) is 6.45. The Morgan fingerprint density at radius 2 is 2.24 bits per heavy atom. The molecule has 4 heteroatoms. The molecule has 0 aliphatic rings. The highest BCUT2D eigenvalue weighted by Crippen LogP contribution is 2.22. The van der Waals surface area contributed by atoms with Gasteiger partial charge < -0.3 is 14.3 Å². The van der Waals surface area contributed by atoms with Crippen molar-refractivity contribution < 1.29 is 4.74 Å². The molecule has 3 nitrogen and oxygen atoms in total. The van der Waals surface area contributed by atoms with Gasteiger partial charge in [0.2, 0.25) is 0 Å². The highest BCUT2D eigenvalue weighted by Gasteiger charge is 2.12. The van der Waals surface area contributed by atoms with E-state index in [-0.39, 0.29) is 6.04 Å². The van der Waals surface area contributed by atoms with Gasteiger partial charge in [-0.2, -0.15) is 0 Å². The van der Waals surface area contributed by atoms with Crippen molar-refractivity contribution >= 4 is 23.3 Å². The number of rotatable bonds is 4. The lowest BCUT2D eigenvalue weighted by atomic mass is 10.2. The number of para-hydroxylation sites is 1. The summed E-state index contributed by atoms with van der Waals surface area (Å²) in [5, 5.41) is 0. The average Bonchev–Trinajstić information content (AvgIpc) is 2.64. The van der Waals surface area contributed by atoms with Crippen molar-refractivity contribution in [3.63, 3.8) is 0 Å². The quantitative estimate of drug-likeness (QED) is 0.840. The van der Waals surface area contributed by atoms with E-state index in [2.05, 4.69) is 35.5 Å². The van der Waals surface area contributed by atoms with E-state index >= 15 is 0 Å². The minimum atomic E-state index is 0.248. The topological polar surface area (TPSA) is 29.9 Å². The van der Waals surface area contributed by atoms with Crippen LogP contribution in [0.4, 0.5) is 0 Å². The van der Waals surface area contributed by atoms with Crippen molar-refractivity contribution in [3.05, 3.63) is 28.5 Å². The fourth-order valence-electron chi connectivity index (χ4n) is 2.14. The van der Waals surface area contributed by atoms with Crippen molar-refractivity contribution in [2.45, 2.75) is 26.8 Å². The van der Waals surface area contributed by atoms with Crippen LogP contribution in [0.2, 0.25) is 0 Å². The standard InChI is InChI=1S/C13H18N2OS/c1-4-16-8-10(3)15-12-9(2)6-5-7-11(12)14-13(15)17/h5-7,10H,4,8H2,1-3H3,(H,14,17). The number of benzene rings is 1. The molecule has 0 fully saturated rings. The van der Waals surface area contributed by atoms with E-state index in [1.165, 1.54) is 11.1 Å². The molecule has 0 amide bonds. The Morgan fingerprint density at radius 3 is 2.94 bits per heavy atom. The van der Waals surface area contributed by atoms with E-state index in [9.17, 15) is 0 Å². The van der Waals surface area contributed by atoms with Gasteiger partial charge in [-0.05, 0) is 44.6 Å². The summed E-state index contributed by atoms with van der Waals surface area (Å²) >= 11 is 5.39. The zero-order valence-electron chi connectivity index (χ0n) is 10.5. The summed E-state index contributed by atoms with van der Waals surface area (Å²) in [6.07, 6.45) is 0. The maximum atomic E-state index is 5.48. The Labute approximate surface area is 106 Å². The van der Waals surface area contributed by atoms with E-state index in [1.54, 1.807) is 0 Å². The SMILES string of the molecule is CCOCC(C)n1c(=S)[nH]c2cccc(C)c21. The van der Waals surface area contributed by atoms with Gasteiger partial charge in [0.15, 0.2) is 4.77 Å². The summed E-state index contributed by atoms with van der Waals surface area (Å²) in [5.41, 5.74) is 3.52. The van der Waals surface area contributed by atoms with Gasteiger partial charge in [0.25, 0.3) is 0 Å². The molecule has 1 atom stereocenters. The van der Waals surface area contributed by atoms with Crippen LogP contribution in [0.3, 0.4) is 0 Å². The minimum Gasteiger partial charge on any atom is -0.380 e. The number of nitrogens with zero attached hydrogens (tertiary/aromatic N) is 1. The van der Waals surface area contributed by atoms with Crippen LogP contribution >= 0.6 is 12.2 Å². The van der Waals surface area contributed by atoms with Crippen LogP contribution in [0.5, 0.6) is 0 Å². The number of hydrogen-bond donors (Lipinski definition) is 1. The first-order valence-electron chi connectivity index (χ1n) is 5.92. The Balaban J connectivity index is 2.52. The van der Waals surface area contributed by atoms with Gasteiger partial charge in [-0.3, -0.25) is 0 Å². The fraction of sp³-hybridized carbons (Fsp3) is 0.462. The largest absolute Gasteiger partial charge is 0.380 e. The zero-order chi connectivity index (χ0) is 12.4. The van der Waals surface area contributed by atoms with E-state index < -0.39 is 0 Å². The van der Waals surface area contributed by atoms with E-state index in [0.29, 0.717) is 6.61 Å². The summed E-state index contributed by atoms with van der Waals surface area (Å²) in [6.45, 7) is 7.66. The van der Waals surface area contributed by atoms with E-state index in [4.69, 9.17) is 17.0 Å². The molecule has 0 radical (unpaired) electrons. The molecule has 2 rings (SSSR count). The molecule has 0 spiro atoms. The predicted octanol–water partition coefficient (Wildman–Crippen LogP) is 3.60. The number of aromatic amines is 1. The van der Waals surface area contributed by atoms with Gasteiger partial charge in [-0.15, -0.1) is 0 Å². The van der Waals surface area contributed by atoms with Crippen molar-refractivity contribution in [1.29, 1.82) is 0 Å². The van der Waals surface area contributed by atoms with Crippen LogP contribution in [-0.2, 0) is 4.74 Å². The number of aromatic nitrogens is 2. The molecular formula is C13H18N2OS. The van der Waals surface area contributed by atoms with Gasteiger partial charge >= 0.3 is 0 Å². The number of fused-ring (bicyclic) bond motifs is 1. The molecule has 0 saturated carbocycles. The van der Waals surface area contributed by atoms with Crippen molar-refractivity contribution in [1.82, 2.24) is 9.55 Å². The molecule has 1 aromatic heterocycles. The summed E-state index contributed by atoms with van der Waals surface area (Å²) in [7, 11) is 0. The van der Waals surface area contributed by atoms with Crippen LogP contribution in [0, 0.1) is 11.7 Å². The van der Waals surface area contributed by atoms with Crippen molar-refractivity contribution in [3.8, 4) is 0 Å². The summed E-state index contributed by atoms with van der Waals surface area (Å²) < 4.78 is 8.40. The van der Waals surface area contributed by atoms with Gasteiger partial charge in [-0.1, -0.05) is 12.1 Å². The number of aryl methyl sites for hydroxylation is 1. The van der Waals surface area contributed by atoms with Crippen LogP contribution < -0.4 is 0 Å². The second-order valence-electron chi connectivity index (χ2n) is 4.28. The summed E-state index contributed by atoms with van der Waals surface area (Å²) in [4.78, 5) is 3.25. The third-order valence-corrected chi connectivity index (χ3v) is 3.24. The molecule has 1 aromatic carbocycles. The van der Waals surface area contributed by atoms with Crippen molar-refractivity contribution in [2.24, 2.45) is 0 Å². The lowest BCUT2D eigenvalue weighted by Gasteiger charge is -2.15. The van der Waals surface area contributed by atoms with Crippen LogP contribution in [-0.4, -0.2) is 22.8 Å². The molecule has 1 unspecified atom stereocenters. The first kappa shape index (κ1) is 12.3. The predicted molar refractivity (Wildman–Crippen MR) is 73.1 cm³/mol. The van der Waals surface area contributed by atoms with Gasteiger partial charge in [0.05, 0.1) is 23.7 Å². The molecule has 0 aliphatic heterocycles. The molecule has 1 heterocycles. The van der Waals surface area contributed by atoms with E-state index in [0.717, 1.165) is 16.9 Å². The lowest BCUT2D eigenvalue weighted by Crippen LogP contribution is -2.12. The molecule has 1 N–H and O–H groups in total. The number of imidazole rings is 1. The zero-order valence-corrected chi connectivity index (χ0v) is 11.3. The number of ether oxygens (including phenoxy) is 1. The maximum Gasteiger partial charge on any atom is 0.178 e. The van der Waals surface area contributed by atoms with Gasteiger partial charge in [0.1, 0.15) is 0 Å². The first-order chi connectivity index (χ1) is 8.15. The highest BCUT2D eigenvalue weighted by molar-refractivity contribution is 7.71. The molecule has 2 aromatic rings. The Morgan fingerprint density at radius 1 is 1.47 bits per heavy atom. The number of H-pyrrole nitrogens is 1. The molecule has 0 bridgehead atoms. The minimum absolute atomic E-state index is 0.248. The first-order valence-corrected chi connectivity index (χ1v) is 6.33. The monoisotopic (exact) mass is 250 g/mol. The fourth-order valence-corrected chi connectivity index (χ4v) is 2.52. The molecule has 0 aliphatic carbocycles. The van der Waals surface area contributed by atoms with Crippen LogP contribution in [0.1, 0.15) is 25.5 Å². The lowest BCUT2D eigenvalue weighted by molar-refractivity contribution is 0.119. The Bertz CT molecular complexity index is 570.